The number of hydrogen-bond donors (Lipinski definition) is 1. The van der Waals surface area contributed by atoms with E-state index in [9.17, 15) is 22.8 Å². The third kappa shape index (κ3) is 8.56. The molecule has 1 unspecified atom stereocenters. The first kappa shape index (κ1) is 32.0. The number of aromatic nitrogens is 1. The number of halogens is 4. The second-order valence-electron chi connectivity index (χ2n) is 11.1. The van der Waals surface area contributed by atoms with Gasteiger partial charge in [-0.15, -0.1) is 13.2 Å². The molecule has 1 heterocycles. The molecular weight excluding hydrogens is 625 g/mol. The van der Waals surface area contributed by atoms with E-state index in [0.29, 0.717) is 27.7 Å². The van der Waals surface area contributed by atoms with E-state index in [4.69, 9.17) is 9.72 Å². The van der Waals surface area contributed by atoms with Crippen LogP contribution in [-0.2, 0) is 9.53 Å². The molecule has 0 radical (unpaired) electrons. The lowest BCUT2D eigenvalue weighted by molar-refractivity contribution is -0.275. The Labute approximate surface area is 256 Å². The summed E-state index contributed by atoms with van der Waals surface area (Å²) < 4.78 is 50.2. The average molecular weight is 658 g/mol. The molecule has 0 aliphatic heterocycles. The van der Waals surface area contributed by atoms with Crippen LogP contribution in [0.3, 0.4) is 0 Å². The fourth-order valence-electron chi connectivity index (χ4n) is 4.89. The van der Waals surface area contributed by atoms with Gasteiger partial charge in [0.1, 0.15) is 11.4 Å². The summed E-state index contributed by atoms with van der Waals surface area (Å²) >= 11 is 3.47. The molecule has 0 spiro atoms. The summed E-state index contributed by atoms with van der Waals surface area (Å²) in [6, 6.07) is 20.7. The van der Waals surface area contributed by atoms with Gasteiger partial charge in [-0.1, -0.05) is 64.5 Å². The number of para-hydroxylation sites is 1. The number of hydrogen-bond acceptors (Lipinski definition) is 5. The molecule has 10 heteroatoms. The molecule has 3 aromatic carbocycles. The molecule has 0 saturated heterocycles. The maximum atomic E-state index is 13.9. The van der Waals surface area contributed by atoms with Crippen molar-refractivity contribution < 1.29 is 32.2 Å². The molecule has 1 N–H and O–H groups in total. The number of esters is 1. The van der Waals surface area contributed by atoms with Crippen molar-refractivity contribution in [2.24, 2.45) is 0 Å². The first-order chi connectivity index (χ1) is 20.2. The highest BCUT2D eigenvalue weighted by atomic mass is 79.9. The van der Waals surface area contributed by atoms with Gasteiger partial charge in [-0.3, -0.25) is 9.59 Å². The molecule has 0 bridgehead atoms. The van der Waals surface area contributed by atoms with Gasteiger partial charge < -0.3 is 14.8 Å². The molecule has 0 saturated carbocycles. The number of alkyl halides is 3. The summed E-state index contributed by atoms with van der Waals surface area (Å²) in [6.07, 6.45) is -4.87. The number of amides is 1. The van der Waals surface area contributed by atoms with Crippen LogP contribution >= 0.6 is 15.9 Å². The maximum Gasteiger partial charge on any atom is 0.573 e. The second-order valence-corrected chi connectivity index (χ2v) is 12.0. The Morgan fingerprint density at radius 2 is 1.65 bits per heavy atom. The molecular formula is C33H32BrF3N2O4. The number of carbonyl (C=O) groups excluding carboxylic acids is 2. The van der Waals surface area contributed by atoms with Crippen LogP contribution in [0.2, 0.25) is 0 Å². The zero-order chi connectivity index (χ0) is 31.4. The van der Waals surface area contributed by atoms with E-state index in [1.54, 1.807) is 26.8 Å². The zero-order valence-corrected chi connectivity index (χ0v) is 25.8. The summed E-state index contributed by atoms with van der Waals surface area (Å²) in [5, 5.41) is 3.54. The first-order valence-corrected chi connectivity index (χ1v) is 14.5. The van der Waals surface area contributed by atoms with Gasteiger partial charge in [-0.2, -0.15) is 0 Å². The molecule has 0 aliphatic rings. The lowest BCUT2D eigenvalue weighted by Crippen LogP contribution is -2.31. The second kappa shape index (κ2) is 13.2. The molecule has 0 fully saturated rings. The van der Waals surface area contributed by atoms with Crippen LogP contribution in [0.25, 0.3) is 22.2 Å². The fourth-order valence-corrected chi connectivity index (χ4v) is 5.25. The fraction of sp³-hybridized carbons (Fsp3) is 0.303. The molecule has 0 aliphatic carbocycles. The molecule has 1 aromatic heterocycles. The minimum atomic E-state index is -4.91. The van der Waals surface area contributed by atoms with Gasteiger partial charge >= 0.3 is 12.3 Å². The van der Waals surface area contributed by atoms with Crippen molar-refractivity contribution in [3.05, 3.63) is 94.0 Å². The minimum Gasteiger partial charge on any atom is -0.460 e. The van der Waals surface area contributed by atoms with Crippen LogP contribution in [0.5, 0.6) is 5.75 Å². The van der Waals surface area contributed by atoms with Gasteiger partial charge in [0.25, 0.3) is 5.91 Å². The lowest BCUT2D eigenvalue weighted by atomic mass is 9.92. The van der Waals surface area contributed by atoms with E-state index in [2.05, 4.69) is 26.0 Å². The van der Waals surface area contributed by atoms with E-state index < -0.39 is 29.8 Å². The molecule has 4 aromatic rings. The van der Waals surface area contributed by atoms with Crippen LogP contribution in [0.1, 0.15) is 61.0 Å². The Balaban J connectivity index is 1.69. The number of benzene rings is 3. The van der Waals surface area contributed by atoms with Crippen molar-refractivity contribution in [2.75, 3.05) is 6.54 Å². The Morgan fingerprint density at radius 3 is 2.33 bits per heavy atom. The summed E-state index contributed by atoms with van der Waals surface area (Å²) in [7, 11) is 0. The van der Waals surface area contributed by atoms with E-state index in [1.165, 1.54) is 18.2 Å². The number of rotatable bonds is 9. The number of nitrogens with one attached hydrogen (secondary N) is 1. The normalized spacial score (nSPS) is 12.6. The molecule has 1 amide bonds. The number of nitrogens with zero attached hydrogens (tertiary/aromatic N) is 1. The van der Waals surface area contributed by atoms with E-state index in [-0.39, 0.29) is 30.7 Å². The number of fused-ring (bicyclic) bond motifs is 1. The van der Waals surface area contributed by atoms with E-state index in [1.807, 2.05) is 55.5 Å². The van der Waals surface area contributed by atoms with Gasteiger partial charge in [0.05, 0.1) is 16.8 Å². The van der Waals surface area contributed by atoms with Crippen LogP contribution in [0.4, 0.5) is 13.2 Å². The highest BCUT2D eigenvalue weighted by molar-refractivity contribution is 9.10. The minimum absolute atomic E-state index is 0.0577. The van der Waals surface area contributed by atoms with Crippen LogP contribution in [0, 0.1) is 6.92 Å². The Kier molecular flexibility index (Phi) is 9.79. The SMILES string of the molecule is Cc1c(-c2ccccc2)nc2ccc(Br)cc2c1C(=O)NCC(CCC(=O)OC(C)(C)C)c1ccccc1OC(F)(F)F. The highest BCUT2D eigenvalue weighted by Crippen LogP contribution is 2.35. The van der Waals surface area contributed by atoms with Crippen LogP contribution < -0.4 is 10.1 Å². The monoisotopic (exact) mass is 656 g/mol. The van der Waals surface area contributed by atoms with Crippen LogP contribution in [0.15, 0.2) is 77.3 Å². The first-order valence-electron chi connectivity index (χ1n) is 13.7. The highest BCUT2D eigenvalue weighted by Gasteiger charge is 2.33. The predicted molar refractivity (Wildman–Crippen MR) is 163 cm³/mol. The molecule has 6 nitrogen and oxygen atoms in total. The van der Waals surface area contributed by atoms with E-state index in [0.717, 1.165) is 10.0 Å². The van der Waals surface area contributed by atoms with Crippen molar-refractivity contribution in [1.29, 1.82) is 0 Å². The third-order valence-corrected chi connectivity index (χ3v) is 7.17. The zero-order valence-electron chi connectivity index (χ0n) is 24.2. The Hall–Kier alpha value is -3.92. The molecule has 226 valence electrons. The standard InChI is InChI=1S/C33H32BrF3N2O4/c1-20-29(25-18-23(34)15-16-26(25)39-30(20)21-10-6-5-7-11-21)31(41)38-19-22(14-17-28(40)43-32(2,3)4)24-12-8-9-13-27(24)42-33(35,36)37/h5-13,15-16,18,22H,14,17,19H2,1-4H3,(H,38,41). The van der Waals surface area contributed by atoms with Gasteiger partial charge in [-0.05, 0) is 69.5 Å². The van der Waals surface area contributed by atoms with E-state index >= 15 is 0 Å². The predicted octanol–water partition coefficient (Wildman–Crippen LogP) is 8.51. The molecule has 1 atom stereocenters. The Morgan fingerprint density at radius 1 is 0.977 bits per heavy atom. The van der Waals surface area contributed by atoms with Crippen molar-refractivity contribution in [3.63, 3.8) is 0 Å². The lowest BCUT2D eigenvalue weighted by Gasteiger charge is -2.24. The third-order valence-electron chi connectivity index (χ3n) is 6.68. The smallest absolute Gasteiger partial charge is 0.460 e. The summed E-state index contributed by atoms with van der Waals surface area (Å²) in [5.41, 5.74) is 2.65. The summed E-state index contributed by atoms with van der Waals surface area (Å²) in [5.74, 6) is -1.99. The topological polar surface area (TPSA) is 77.5 Å². The quantitative estimate of drug-likeness (QED) is 0.183. The van der Waals surface area contributed by atoms with Gasteiger partial charge in [-0.25, -0.2) is 4.98 Å². The van der Waals surface area contributed by atoms with Gasteiger partial charge in [0.15, 0.2) is 0 Å². The van der Waals surface area contributed by atoms with Crippen molar-refractivity contribution in [3.8, 4) is 17.0 Å². The number of pyridine rings is 1. The average Bonchev–Trinajstić information content (AvgIpc) is 2.92. The largest absolute Gasteiger partial charge is 0.573 e. The molecule has 4 rings (SSSR count). The maximum absolute atomic E-state index is 13.9. The van der Waals surface area contributed by atoms with Crippen molar-refractivity contribution in [2.45, 2.75) is 58.4 Å². The Bertz CT molecular complexity index is 1620. The van der Waals surface area contributed by atoms with Crippen molar-refractivity contribution in [1.82, 2.24) is 10.3 Å². The van der Waals surface area contributed by atoms with Gasteiger partial charge in [0, 0.05) is 34.3 Å². The summed E-state index contributed by atoms with van der Waals surface area (Å²) in [6.45, 7) is 6.96. The summed E-state index contributed by atoms with van der Waals surface area (Å²) in [4.78, 5) is 31.2. The number of ether oxygens (including phenoxy) is 2. The molecule has 43 heavy (non-hydrogen) atoms. The number of carbonyl (C=O) groups is 2. The van der Waals surface area contributed by atoms with Crippen LogP contribution in [-0.4, -0.2) is 35.4 Å². The van der Waals surface area contributed by atoms with Gasteiger partial charge in [0.2, 0.25) is 0 Å². The van der Waals surface area contributed by atoms with Crippen molar-refractivity contribution >= 4 is 38.7 Å².